The van der Waals surface area contributed by atoms with Crippen molar-refractivity contribution in [2.75, 3.05) is 5.75 Å². The molecule has 1 nitrogen and oxygen atoms in total. The molecule has 0 spiro atoms. The summed E-state index contributed by atoms with van der Waals surface area (Å²) < 4.78 is 13.1. The van der Waals surface area contributed by atoms with Gasteiger partial charge in [-0.05, 0) is 37.7 Å². The topological polar surface area (TPSA) is 26.0 Å². The van der Waals surface area contributed by atoms with Crippen molar-refractivity contribution in [1.29, 1.82) is 0 Å². The van der Waals surface area contributed by atoms with Crippen molar-refractivity contribution in [3.05, 3.63) is 30.1 Å². The third kappa shape index (κ3) is 4.11. The van der Waals surface area contributed by atoms with Gasteiger partial charge in [0, 0.05) is 10.9 Å². The van der Waals surface area contributed by atoms with Crippen LogP contribution >= 0.6 is 11.8 Å². The normalized spacial score (nSPS) is 12.8. The van der Waals surface area contributed by atoms with E-state index in [9.17, 15) is 4.39 Å². The van der Waals surface area contributed by atoms with Crippen molar-refractivity contribution in [2.45, 2.75) is 30.7 Å². The molecule has 2 N–H and O–H groups in total. The Bertz CT molecular complexity index is 276. The number of thioether (sulfide) groups is 1. The second kappa shape index (κ2) is 6.04. The van der Waals surface area contributed by atoms with Gasteiger partial charge in [0.05, 0.1) is 0 Å². The summed E-state index contributed by atoms with van der Waals surface area (Å²) in [7, 11) is 0. The van der Waals surface area contributed by atoms with Crippen LogP contribution in [0.3, 0.4) is 0 Å². The minimum atomic E-state index is -0.127. The lowest BCUT2D eigenvalue weighted by Crippen LogP contribution is -2.14. The Labute approximate surface area is 88.9 Å². The molecule has 1 rings (SSSR count). The minimum Gasteiger partial charge on any atom is -0.328 e. The number of hydrogen-bond donors (Lipinski definition) is 1. The van der Waals surface area contributed by atoms with Crippen LogP contribution in [0.1, 0.15) is 19.8 Å². The molecule has 1 aromatic carbocycles. The van der Waals surface area contributed by atoms with Crippen LogP contribution < -0.4 is 5.73 Å². The van der Waals surface area contributed by atoms with Crippen molar-refractivity contribution in [3.8, 4) is 0 Å². The van der Waals surface area contributed by atoms with Crippen molar-refractivity contribution in [2.24, 2.45) is 5.73 Å². The van der Waals surface area contributed by atoms with Crippen LogP contribution in [0.5, 0.6) is 0 Å². The third-order valence-corrected chi connectivity index (χ3v) is 3.03. The molecule has 1 unspecified atom stereocenters. The Balaban J connectivity index is 2.28. The van der Waals surface area contributed by atoms with E-state index in [2.05, 4.69) is 0 Å². The average Bonchev–Trinajstić information content (AvgIpc) is 2.15. The van der Waals surface area contributed by atoms with Gasteiger partial charge < -0.3 is 5.73 Å². The van der Waals surface area contributed by atoms with Crippen molar-refractivity contribution in [3.63, 3.8) is 0 Å². The van der Waals surface area contributed by atoms with Gasteiger partial charge in [-0.2, -0.15) is 0 Å². The number of nitrogens with two attached hydrogens (primary N) is 1. The molecule has 0 aliphatic carbocycles. The SMILES string of the molecule is CC(N)CCCSc1ccccc1F. The number of rotatable bonds is 5. The first-order valence-corrected chi connectivity index (χ1v) is 5.81. The Morgan fingerprint density at radius 2 is 2.14 bits per heavy atom. The fourth-order valence-corrected chi connectivity index (χ4v) is 2.06. The van der Waals surface area contributed by atoms with Crippen molar-refractivity contribution in [1.82, 2.24) is 0 Å². The van der Waals surface area contributed by atoms with E-state index in [1.807, 2.05) is 19.1 Å². The highest BCUT2D eigenvalue weighted by Crippen LogP contribution is 2.22. The van der Waals surface area contributed by atoms with E-state index in [0.717, 1.165) is 23.5 Å². The Morgan fingerprint density at radius 3 is 2.79 bits per heavy atom. The maximum absolute atomic E-state index is 13.1. The minimum absolute atomic E-state index is 0.127. The summed E-state index contributed by atoms with van der Waals surface area (Å²) in [6.45, 7) is 1.99. The molecule has 0 heterocycles. The molecule has 0 aromatic heterocycles. The number of halogens is 1. The van der Waals surface area contributed by atoms with Crippen LogP contribution in [0.2, 0.25) is 0 Å². The zero-order chi connectivity index (χ0) is 10.4. The van der Waals surface area contributed by atoms with Crippen LogP contribution in [0, 0.1) is 5.82 Å². The quantitative estimate of drug-likeness (QED) is 0.601. The van der Waals surface area contributed by atoms with Gasteiger partial charge >= 0.3 is 0 Å². The molecule has 0 aliphatic rings. The zero-order valence-corrected chi connectivity index (χ0v) is 9.19. The summed E-state index contributed by atoms with van der Waals surface area (Å²) in [5.41, 5.74) is 5.62. The van der Waals surface area contributed by atoms with Crippen LogP contribution in [-0.2, 0) is 0 Å². The lowest BCUT2D eigenvalue weighted by molar-refractivity contribution is 0.601. The highest BCUT2D eigenvalue weighted by atomic mass is 32.2. The second-order valence-electron chi connectivity index (χ2n) is 3.40. The van der Waals surface area contributed by atoms with Crippen LogP contribution in [0.4, 0.5) is 4.39 Å². The van der Waals surface area contributed by atoms with E-state index in [4.69, 9.17) is 5.73 Å². The molecule has 0 fully saturated rings. The molecule has 0 bridgehead atoms. The van der Waals surface area contributed by atoms with Gasteiger partial charge in [-0.3, -0.25) is 0 Å². The van der Waals surface area contributed by atoms with E-state index >= 15 is 0 Å². The van der Waals surface area contributed by atoms with Gasteiger partial charge in [-0.1, -0.05) is 12.1 Å². The molecule has 0 radical (unpaired) electrons. The maximum atomic E-state index is 13.1. The average molecular weight is 213 g/mol. The smallest absolute Gasteiger partial charge is 0.136 e. The van der Waals surface area contributed by atoms with Gasteiger partial charge in [0.2, 0.25) is 0 Å². The van der Waals surface area contributed by atoms with E-state index in [-0.39, 0.29) is 11.9 Å². The monoisotopic (exact) mass is 213 g/mol. The molecule has 0 saturated carbocycles. The molecule has 78 valence electrons. The standard InChI is InChI=1S/C11H16FNS/c1-9(13)5-4-8-14-11-7-3-2-6-10(11)12/h2-3,6-7,9H,4-5,8,13H2,1H3. The molecule has 1 aromatic rings. The largest absolute Gasteiger partial charge is 0.328 e. The second-order valence-corrected chi connectivity index (χ2v) is 4.54. The van der Waals surface area contributed by atoms with Crippen LogP contribution in [0.15, 0.2) is 29.2 Å². The maximum Gasteiger partial charge on any atom is 0.136 e. The van der Waals surface area contributed by atoms with Gasteiger partial charge in [0.15, 0.2) is 0 Å². The zero-order valence-electron chi connectivity index (χ0n) is 8.37. The summed E-state index contributed by atoms with van der Waals surface area (Å²) in [6, 6.07) is 7.12. The summed E-state index contributed by atoms with van der Waals surface area (Å²) in [6.07, 6.45) is 2.04. The fraction of sp³-hybridized carbons (Fsp3) is 0.455. The molecule has 0 saturated heterocycles. The predicted octanol–water partition coefficient (Wildman–Crippen LogP) is 3.05. The first-order chi connectivity index (χ1) is 6.70. The van der Waals surface area contributed by atoms with Gasteiger partial charge in [-0.25, -0.2) is 4.39 Å². The highest BCUT2D eigenvalue weighted by molar-refractivity contribution is 7.99. The van der Waals surface area contributed by atoms with Gasteiger partial charge in [-0.15, -0.1) is 11.8 Å². The first kappa shape index (κ1) is 11.5. The molecule has 0 amide bonds. The summed E-state index contributed by atoms with van der Waals surface area (Å²) in [5, 5.41) is 0. The van der Waals surface area contributed by atoms with Gasteiger partial charge in [0.25, 0.3) is 0 Å². The Hall–Kier alpha value is -0.540. The van der Waals surface area contributed by atoms with Crippen LogP contribution in [0.25, 0.3) is 0 Å². The summed E-state index contributed by atoms with van der Waals surface area (Å²) in [5.74, 6) is 0.806. The third-order valence-electron chi connectivity index (χ3n) is 1.90. The lowest BCUT2D eigenvalue weighted by Gasteiger charge is -2.05. The summed E-state index contributed by atoms with van der Waals surface area (Å²) in [4.78, 5) is 0.733. The Morgan fingerprint density at radius 1 is 1.43 bits per heavy atom. The molecule has 1 atom stereocenters. The number of hydrogen-bond acceptors (Lipinski definition) is 2. The molecular formula is C11H16FNS. The highest BCUT2D eigenvalue weighted by Gasteiger charge is 2.01. The van der Waals surface area contributed by atoms with E-state index < -0.39 is 0 Å². The predicted molar refractivity (Wildman–Crippen MR) is 60.0 cm³/mol. The summed E-state index contributed by atoms with van der Waals surface area (Å²) >= 11 is 1.56. The Kier molecular flexibility index (Phi) is 4.98. The van der Waals surface area contributed by atoms with Crippen molar-refractivity contribution >= 4 is 11.8 Å². The fourth-order valence-electron chi connectivity index (χ4n) is 1.15. The van der Waals surface area contributed by atoms with Crippen molar-refractivity contribution < 1.29 is 4.39 Å². The van der Waals surface area contributed by atoms with E-state index in [1.54, 1.807) is 17.8 Å². The van der Waals surface area contributed by atoms with E-state index in [0.29, 0.717) is 0 Å². The molecule has 14 heavy (non-hydrogen) atoms. The molecular weight excluding hydrogens is 197 g/mol. The van der Waals surface area contributed by atoms with E-state index in [1.165, 1.54) is 6.07 Å². The number of benzene rings is 1. The van der Waals surface area contributed by atoms with Crippen LogP contribution in [-0.4, -0.2) is 11.8 Å². The first-order valence-electron chi connectivity index (χ1n) is 4.83. The van der Waals surface area contributed by atoms with Gasteiger partial charge in [0.1, 0.15) is 5.82 Å². The lowest BCUT2D eigenvalue weighted by atomic mass is 10.2. The molecule has 0 aliphatic heterocycles. The molecule has 3 heteroatoms.